The highest BCUT2D eigenvalue weighted by molar-refractivity contribution is 7.85. The van der Waals surface area contributed by atoms with Crippen LogP contribution < -0.4 is 5.32 Å². The lowest BCUT2D eigenvalue weighted by Gasteiger charge is -2.11. The van der Waals surface area contributed by atoms with Crippen LogP contribution in [0.2, 0.25) is 0 Å². The van der Waals surface area contributed by atoms with Crippen molar-refractivity contribution in [3.8, 4) is 0 Å². The molecule has 0 saturated heterocycles. The van der Waals surface area contributed by atoms with Crippen LogP contribution in [0.5, 0.6) is 0 Å². The van der Waals surface area contributed by atoms with Crippen molar-refractivity contribution in [3.63, 3.8) is 0 Å². The fourth-order valence-electron chi connectivity index (χ4n) is 1.16. The highest BCUT2D eigenvalue weighted by Crippen LogP contribution is 2.14. The van der Waals surface area contributed by atoms with Gasteiger partial charge in [-0.3, -0.25) is 4.79 Å². The predicted molar refractivity (Wildman–Crippen MR) is 62.5 cm³/mol. The quantitative estimate of drug-likeness (QED) is 0.828. The van der Waals surface area contributed by atoms with Gasteiger partial charge in [0.05, 0.1) is 4.90 Å². The fraction of sp³-hybridized carbons (Fsp3) is 0.364. The van der Waals surface area contributed by atoms with Crippen LogP contribution in [-0.4, -0.2) is 18.9 Å². The molecule has 0 radical (unpaired) electrons. The van der Waals surface area contributed by atoms with Gasteiger partial charge in [-0.15, -0.1) is 0 Å². The number of amides is 1. The van der Waals surface area contributed by atoms with Gasteiger partial charge in [-0.25, -0.2) is 8.42 Å². The largest absolute Gasteiger partial charge is 0.744 e. The van der Waals surface area contributed by atoms with Gasteiger partial charge in [-0.05, 0) is 30.7 Å². The summed E-state index contributed by atoms with van der Waals surface area (Å²) in [6.07, 6.45) is 0.721. The molecule has 5 nitrogen and oxygen atoms in total. The zero-order valence-electron chi connectivity index (χ0n) is 9.64. The maximum Gasteiger partial charge on any atom is 0.227 e. The lowest BCUT2D eigenvalue weighted by molar-refractivity contribution is -0.119. The molecule has 0 saturated carbocycles. The number of hydrogen-bond donors (Lipinski definition) is 1. The van der Waals surface area contributed by atoms with E-state index in [1.54, 1.807) is 6.92 Å². The minimum Gasteiger partial charge on any atom is -0.744 e. The third kappa shape index (κ3) is 3.83. The first kappa shape index (κ1) is 13.7. The summed E-state index contributed by atoms with van der Waals surface area (Å²) < 4.78 is 32.0. The van der Waals surface area contributed by atoms with E-state index < -0.39 is 10.1 Å². The SMILES string of the molecule is CCC(C)C(=O)Nc1ccc(S(=O)(=O)[O-])cc1. The molecule has 0 spiro atoms. The molecule has 94 valence electrons. The molecule has 6 heteroatoms. The van der Waals surface area contributed by atoms with Crippen molar-refractivity contribution in [2.45, 2.75) is 25.2 Å². The molecule has 1 rings (SSSR count). The number of hydrogen-bond acceptors (Lipinski definition) is 4. The maximum absolute atomic E-state index is 11.5. The summed E-state index contributed by atoms with van der Waals surface area (Å²) in [7, 11) is -4.43. The molecule has 0 heterocycles. The van der Waals surface area contributed by atoms with Crippen LogP contribution in [0, 0.1) is 5.92 Å². The van der Waals surface area contributed by atoms with Gasteiger partial charge < -0.3 is 9.87 Å². The van der Waals surface area contributed by atoms with Crippen molar-refractivity contribution in [1.29, 1.82) is 0 Å². The summed E-state index contributed by atoms with van der Waals surface area (Å²) in [6, 6.07) is 5.14. The van der Waals surface area contributed by atoms with Crippen molar-refractivity contribution in [1.82, 2.24) is 0 Å². The van der Waals surface area contributed by atoms with E-state index in [0.29, 0.717) is 5.69 Å². The number of rotatable bonds is 4. The molecule has 17 heavy (non-hydrogen) atoms. The monoisotopic (exact) mass is 256 g/mol. The third-order valence-corrected chi connectivity index (χ3v) is 3.32. The molecular weight excluding hydrogens is 242 g/mol. The Labute approximate surface area is 101 Å². The minimum atomic E-state index is -4.43. The predicted octanol–water partition coefficient (Wildman–Crippen LogP) is 1.58. The molecule has 0 aromatic heterocycles. The fourth-order valence-corrected chi connectivity index (χ4v) is 1.63. The molecule has 1 atom stereocenters. The number of anilines is 1. The van der Waals surface area contributed by atoms with E-state index in [9.17, 15) is 17.8 Å². The molecule has 0 fully saturated rings. The van der Waals surface area contributed by atoms with Gasteiger partial charge in [0, 0.05) is 11.6 Å². The normalized spacial score (nSPS) is 13.1. The van der Waals surface area contributed by atoms with Gasteiger partial charge in [-0.2, -0.15) is 0 Å². The number of carbonyl (C=O) groups excluding carboxylic acids is 1. The molecular formula is C11H14NO4S-. The van der Waals surface area contributed by atoms with Crippen LogP contribution in [0.4, 0.5) is 5.69 Å². The van der Waals surface area contributed by atoms with E-state index in [4.69, 9.17) is 0 Å². The van der Waals surface area contributed by atoms with Gasteiger partial charge in [0.2, 0.25) is 5.91 Å². The van der Waals surface area contributed by atoms with Gasteiger partial charge in [0.15, 0.2) is 0 Å². The summed E-state index contributed by atoms with van der Waals surface area (Å²) in [5.74, 6) is -0.247. The first-order valence-electron chi connectivity index (χ1n) is 5.21. The van der Waals surface area contributed by atoms with Crippen molar-refractivity contribution in [3.05, 3.63) is 24.3 Å². The second kappa shape index (κ2) is 5.29. The van der Waals surface area contributed by atoms with E-state index in [1.165, 1.54) is 24.3 Å². The first-order valence-corrected chi connectivity index (χ1v) is 6.62. The number of carbonyl (C=O) groups is 1. The highest BCUT2D eigenvalue weighted by atomic mass is 32.2. The average molecular weight is 256 g/mol. The topological polar surface area (TPSA) is 86.3 Å². The van der Waals surface area contributed by atoms with Gasteiger partial charge >= 0.3 is 0 Å². The second-order valence-corrected chi connectivity index (χ2v) is 5.16. The zero-order valence-corrected chi connectivity index (χ0v) is 10.5. The van der Waals surface area contributed by atoms with Crippen LogP contribution >= 0.6 is 0 Å². The van der Waals surface area contributed by atoms with E-state index in [-0.39, 0.29) is 16.7 Å². The van der Waals surface area contributed by atoms with Crippen LogP contribution in [0.1, 0.15) is 20.3 Å². The molecule has 0 aliphatic carbocycles. The Morgan fingerprint density at radius 2 is 1.88 bits per heavy atom. The summed E-state index contributed by atoms with van der Waals surface area (Å²) >= 11 is 0. The molecule has 1 N–H and O–H groups in total. The van der Waals surface area contributed by atoms with Crippen LogP contribution in [-0.2, 0) is 14.9 Å². The Kier molecular flexibility index (Phi) is 4.25. The van der Waals surface area contributed by atoms with Gasteiger partial charge in [-0.1, -0.05) is 13.8 Å². The third-order valence-electron chi connectivity index (χ3n) is 2.47. The Hall–Kier alpha value is -1.40. The second-order valence-electron chi connectivity index (χ2n) is 3.78. The molecule has 0 bridgehead atoms. The maximum atomic E-state index is 11.5. The smallest absolute Gasteiger partial charge is 0.227 e. The van der Waals surface area contributed by atoms with Crippen LogP contribution in [0.15, 0.2) is 29.2 Å². The van der Waals surface area contributed by atoms with Gasteiger partial charge in [0.1, 0.15) is 10.1 Å². The molecule has 0 aliphatic heterocycles. The summed E-state index contributed by atoms with van der Waals surface area (Å²) in [4.78, 5) is 11.2. The zero-order chi connectivity index (χ0) is 13.1. The summed E-state index contributed by atoms with van der Waals surface area (Å²) in [5, 5.41) is 2.64. The Morgan fingerprint density at radius 1 is 1.35 bits per heavy atom. The van der Waals surface area contributed by atoms with Crippen LogP contribution in [0.25, 0.3) is 0 Å². The standard InChI is InChI=1S/C11H15NO4S/c1-3-8(2)11(13)12-9-4-6-10(7-5-9)17(14,15)16/h4-8H,3H2,1-2H3,(H,12,13)(H,14,15,16)/p-1. The Balaban J connectivity index is 2.79. The molecule has 1 aromatic carbocycles. The molecule has 0 aliphatic rings. The number of nitrogens with one attached hydrogen (secondary N) is 1. The van der Waals surface area contributed by atoms with E-state index in [2.05, 4.69) is 5.32 Å². The summed E-state index contributed by atoms with van der Waals surface area (Å²) in [6.45, 7) is 3.70. The van der Waals surface area contributed by atoms with Crippen molar-refractivity contribution >= 4 is 21.7 Å². The molecule has 1 aromatic rings. The Morgan fingerprint density at radius 3 is 2.29 bits per heavy atom. The number of benzene rings is 1. The highest BCUT2D eigenvalue weighted by Gasteiger charge is 2.10. The molecule has 1 unspecified atom stereocenters. The van der Waals surface area contributed by atoms with Gasteiger partial charge in [0.25, 0.3) is 0 Å². The van der Waals surface area contributed by atoms with Crippen molar-refractivity contribution < 1.29 is 17.8 Å². The Bertz CT molecular complexity index is 493. The van der Waals surface area contributed by atoms with Crippen molar-refractivity contribution in [2.75, 3.05) is 5.32 Å². The lowest BCUT2D eigenvalue weighted by Crippen LogP contribution is -2.19. The van der Waals surface area contributed by atoms with Crippen molar-refractivity contribution in [2.24, 2.45) is 5.92 Å². The average Bonchev–Trinajstić information content (AvgIpc) is 2.27. The summed E-state index contributed by atoms with van der Waals surface area (Å²) in [5.41, 5.74) is 0.475. The minimum absolute atomic E-state index is 0.113. The molecule has 1 amide bonds. The van der Waals surface area contributed by atoms with E-state index >= 15 is 0 Å². The van der Waals surface area contributed by atoms with E-state index in [0.717, 1.165) is 6.42 Å². The van der Waals surface area contributed by atoms with E-state index in [1.807, 2.05) is 6.92 Å². The van der Waals surface area contributed by atoms with Crippen LogP contribution in [0.3, 0.4) is 0 Å². The first-order chi connectivity index (χ1) is 7.84. The lowest BCUT2D eigenvalue weighted by atomic mass is 10.1.